The van der Waals surface area contributed by atoms with Crippen molar-refractivity contribution in [1.29, 1.82) is 0 Å². The van der Waals surface area contributed by atoms with Crippen LogP contribution in [0.1, 0.15) is 18.1 Å². The van der Waals surface area contributed by atoms with E-state index in [1.807, 2.05) is 13.8 Å². The second-order valence-electron chi connectivity index (χ2n) is 4.40. The third-order valence-corrected chi connectivity index (χ3v) is 3.23. The van der Waals surface area contributed by atoms with Gasteiger partial charge in [-0.1, -0.05) is 18.5 Å². The van der Waals surface area contributed by atoms with E-state index in [9.17, 15) is 10.1 Å². The number of benzene rings is 1. The predicted octanol–water partition coefficient (Wildman–Crippen LogP) is 2.72. The fraction of sp³-hybridized carbons (Fsp3) is 0.538. The van der Waals surface area contributed by atoms with Gasteiger partial charge in [-0.2, -0.15) is 0 Å². The molecule has 0 saturated heterocycles. The molecule has 5 nitrogen and oxygen atoms in total. The smallest absolute Gasteiger partial charge is 0.288 e. The van der Waals surface area contributed by atoms with Gasteiger partial charge in [0.25, 0.3) is 5.69 Å². The van der Waals surface area contributed by atoms with Crippen LogP contribution in [0.15, 0.2) is 12.1 Å². The molecule has 1 rings (SSSR count). The normalized spacial score (nSPS) is 12.4. The average Bonchev–Trinajstić information content (AvgIpc) is 2.33. The highest BCUT2D eigenvalue weighted by Gasteiger charge is 2.17. The molecule has 0 heterocycles. The van der Waals surface area contributed by atoms with Crippen molar-refractivity contribution in [1.82, 2.24) is 5.32 Å². The lowest BCUT2D eigenvalue weighted by atomic mass is 10.0. The molecule has 0 spiro atoms. The quantitative estimate of drug-likeness (QED) is 0.618. The van der Waals surface area contributed by atoms with Crippen LogP contribution in [0.2, 0.25) is 5.02 Å². The number of methoxy groups -OCH3 is 1. The van der Waals surface area contributed by atoms with Gasteiger partial charge in [0.05, 0.1) is 11.5 Å². The van der Waals surface area contributed by atoms with Crippen LogP contribution >= 0.6 is 11.6 Å². The number of nitro groups is 1. The van der Waals surface area contributed by atoms with Crippen LogP contribution in [0.3, 0.4) is 0 Å². The molecule has 0 fully saturated rings. The number of nitro benzene ring substituents is 1. The Morgan fingerprint density at radius 1 is 1.53 bits per heavy atom. The molecular weight excluding hydrogens is 268 g/mol. The van der Waals surface area contributed by atoms with Crippen LogP contribution in [0.5, 0.6) is 0 Å². The van der Waals surface area contributed by atoms with Crippen molar-refractivity contribution in [2.24, 2.45) is 0 Å². The zero-order valence-corrected chi connectivity index (χ0v) is 12.2. The van der Waals surface area contributed by atoms with E-state index in [-0.39, 0.29) is 16.8 Å². The van der Waals surface area contributed by atoms with Crippen LogP contribution in [-0.2, 0) is 11.2 Å². The largest absolute Gasteiger partial charge is 0.383 e. The van der Waals surface area contributed by atoms with Crippen LogP contribution in [0, 0.1) is 17.0 Å². The summed E-state index contributed by atoms with van der Waals surface area (Å²) in [5, 5.41) is 14.3. The van der Waals surface area contributed by atoms with E-state index in [1.165, 1.54) is 6.07 Å². The van der Waals surface area contributed by atoms with Gasteiger partial charge in [0.15, 0.2) is 0 Å². The number of hydrogen-bond donors (Lipinski definition) is 1. The Hall–Kier alpha value is -1.17. The highest BCUT2D eigenvalue weighted by molar-refractivity contribution is 6.32. The molecule has 0 bridgehead atoms. The summed E-state index contributed by atoms with van der Waals surface area (Å²) in [5.74, 6) is 0. The highest BCUT2D eigenvalue weighted by Crippen LogP contribution is 2.28. The summed E-state index contributed by atoms with van der Waals surface area (Å²) in [6, 6.07) is 3.37. The first-order valence-electron chi connectivity index (χ1n) is 6.15. The van der Waals surface area contributed by atoms with Gasteiger partial charge in [-0.3, -0.25) is 10.1 Å². The first kappa shape index (κ1) is 15.9. The fourth-order valence-corrected chi connectivity index (χ4v) is 2.27. The van der Waals surface area contributed by atoms with E-state index in [0.29, 0.717) is 6.61 Å². The number of nitrogens with one attached hydrogen (secondary N) is 1. The molecule has 0 aliphatic rings. The van der Waals surface area contributed by atoms with Gasteiger partial charge in [0, 0.05) is 19.2 Å². The van der Waals surface area contributed by atoms with Crippen molar-refractivity contribution in [3.05, 3.63) is 38.4 Å². The van der Waals surface area contributed by atoms with Crippen molar-refractivity contribution in [3.8, 4) is 0 Å². The first-order chi connectivity index (χ1) is 8.99. The maximum Gasteiger partial charge on any atom is 0.288 e. The maximum atomic E-state index is 10.8. The van der Waals surface area contributed by atoms with Gasteiger partial charge < -0.3 is 10.1 Å². The van der Waals surface area contributed by atoms with Crippen molar-refractivity contribution in [2.45, 2.75) is 26.3 Å². The Morgan fingerprint density at radius 2 is 2.21 bits per heavy atom. The maximum absolute atomic E-state index is 10.8. The second-order valence-corrected chi connectivity index (χ2v) is 4.81. The predicted molar refractivity (Wildman–Crippen MR) is 75.9 cm³/mol. The molecule has 0 aliphatic heterocycles. The van der Waals surface area contributed by atoms with Crippen molar-refractivity contribution in [3.63, 3.8) is 0 Å². The minimum Gasteiger partial charge on any atom is -0.383 e. The molecule has 0 saturated carbocycles. The number of halogens is 1. The lowest BCUT2D eigenvalue weighted by molar-refractivity contribution is -0.384. The number of aryl methyl sites for hydroxylation is 1. The SMILES string of the molecule is CCNC(COC)Cc1cc(Cl)c([N+](=O)[O-])cc1C. The molecule has 0 aliphatic carbocycles. The molecule has 0 radical (unpaired) electrons. The van der Waals surface area contributed by atoms with Gasteiger partial charge in [0.1, 0.15) is 5.02 Å². The molecule has 1 N–H and O–H groups in total. The van der Waals surface area contributed by atoms with Crippen molar-refractivity contribution in [2.75, 3.05) is 20.3 Å². The van der Waals surface area contributed by atoms with Gasteiger partial charge in [0.2, 0.25) is 0 Å². The zero-order valence-electron chi connectivity index (χ0n) is 11.4. The van der Waals surface area contributed by atoms with Gasteiger partial charge in [-0.15, -0.1) is 0 Å². The molecule has 106 valence electrons. The molecule has 0 amide bonds. The Labute approximate surface area is 118 Å². The molecule has 19 heavy (non-hydrogen) atoms. The lowest BCUT2D eigenvalue weighted by Gasteiger charge is -2.18. The van der Waals surface area contributed by atoms with Crippen LogP contribution < -0.4 is 5.32 Å². The molecule has 1 aromatic rings. The van der Waals surface area contributed by atoms with E-state index in [1.54, 1.807) is 13.2 Å². The molecular formula is C13H19ClN2O3. The Kier molecular flexibility index (Phi) is 6.21. The van der Waals surface area contributed by atoms with E-state index in [4.69, 9.17) is 16.3 Å². The summed E-state index contributed by atoms with van der Waals surface area (Å²) < 4.78 is 5.16. The molecule has 1 aromatic carbocycles. The van der Waals surface area contributed by atoms with E-state index >= 15 is 0 Å². The Balaban J connectivity index is 2.94. The average molecular weight is 287 g/mol. The van der Waals surface area contributed by atoms with E-state index in [2.05, 4.69) is 5.32 Å². The summed E-state index contributed by atoms with van der Waals surface area (Å²) in [6.07, 6.45) is 0.727. The Bertz CT molecular complexity index is 446. The van der Waals surface area contributed by atoms with Gasteiger partial charge in [-0.25, -0.2) is 0 Å². The monoisotopic (exact) mass is 286 g/mol. The third kappa shape index (κ3) is 4.45. The molecule has 1 atom stereocenters. The highest BCUT2D eigenvalue weighted by atomic mass is 35.5. The molecule has 1 unspecified atom stereocenters. The topological polar surface area (TPSA) is 64.4 Å². The fourth-order valence-electron chi connectivity index (χ4n) is 2.01. The van der Waals surface area contributed by atoms with Crippen LogP contribution in [-0.4, -0.2) is 31.2 Å². The summed E-state index contributed by atoms with van der Waals surface area (Å²) in [4.78, 5) is 10.3. The summed E-state index contributed by atoms with van der Waals surface area (Å²) in [7, 11) is 1.65. The van der Waals surface area contributed by atoms with E-state index < -0.39 is 4.92 Å². The first-order valence-corrected chi connectivity index (χ1v) is 6.53. The van der Waals surface area contributed by atoms with E-state index in [0.717, 1.165) is 24.1 Å². The molecule has 0 aromatic heterocycles. The third-order valence-electron chi connectivity index (χ3n) is 2.93. The Morgan fingerprint density at radius 3 is 2.74 bits per heavy atom. The number of likely N-dealkylation sites (N-methyl/N-ethyl adjacent to an activating group) is 1. The van der Waals surface area contributed by atoms with Gasteiger partial charge >= 0.3 is 0 Å². The molecule has 6 heteroatoms. The number of nitrogens with zero attached hydrogens (tertiary/aromatic N) is 1. The zero-order chi connectivity index (χ0) is 14.4. The second kappa shape index (κ2) is 7.43. The standard InChI is InChI=1S/C13H19ClN2O3/c1-4-15-11(8-19-3)6-10-7-12(14)13(16(17)18)5-9(10)2/h5,7,11,15H,4,6,8H2,1-3H3. The lowest BCUT2D eigenvalue weighted by Crippen LogP contribution is -2.35. The minimum absolute atomic E-state index is 0.0466. The number of ether oxygens (including phenoxy) is 1. The number of hydrogen-bond acceptors (Lipinski definition) is 4. The summed E-state index contributed by atoms with van der Waals surface area (Å²) >= 11 is 5.94. The van der Waals surface area contributed by atoms with Crippen LogP contribution in [0.25, 0.3) is 0 Å². The minimum atomic E-state index is -0.462. The van der Waals surface area contributed by atoms with Gasteiger partial charge in [-0.05, 0) is 37.1 Å². The van der Waals surface area contributed by atoms with Crippen molar-refractivity contribution < 1.29 is 9.66 Å². The summed E-state index contributed by atoms with van der Waals surface area (Å²) in [5.41, 5.74) is 1.82. The van der Waals surface area contributed by atoms with Crippen molar-refractivity contribution >= 4 is 17.3 Å². The summed E-state index contributed by atoms with van der Waals surface area (Å²) in [6.45, 7) is 5.31. The van der Waals surface area contributed by atoms with Crippen LogP contribution in [0.4, 0.5) is 5.69 Å². The number of rotatable bonds is 7.